The highest BCUT2D eigenvalue weighted by atomic mass is 35.5. The second-order valence-electron chi connectivity index (χ2n) is 4.68. The molecule has 2 nitrogen and oxygen atoms in total. The largest absolute Gasteiger partial charge is 0.488 e. The molecule has 1 unspecified atom stereocenters. The summed E-state index contributed by atoms with van der Waals surface area (Å²) in [4.78, 5) is 0. The summed E-state index contributed by atoms with van der Waals surface area (Å²) in [5, 5.41) is 2.91. The van der Waals surface area contributed by atoms with E-state index >= 15 is 0 Å². The maximum absolute atomic E-state index is 13.6. The van der Waals surface area contributed by atoms with Crippen molar-refractivity contribution in [2.45, 2.75) is 12.5 Å². The van der Waals surface area contributed by atoms with Gasteiger partial charge in [-0.25, -0.2) is 8.78 Å². The average molecular weight is 296 g/mol. The van der Waals surface area contributed by atoms with E-state index in [-0.39, 0.29) is 16.8 Å². The van der Waals surface area contributed by atoms with Crippen LogP contribution < -0.4 is 10.1 Å². The summed E-state index contributed by atoms with van der Waals surface area (Å²) in [6.07, 6.45) is 0.664. The van der Waals surface area contributed by atoms with Gasteiger partial charge in [0.2, 0.25) is 0 Å². The molecule has 0 saturated carbocycles. The second-order valence-corrected chi connectivity index (χ2v) is 5.08. The molecular formula is C15H12ClF2NO. The van der Waals surface area contributed by atoms with Crippen LogP contribution in [0.3, 0.4) is 0 Å². The fraction of sp³-hybridized carbons (Fsp3) is 0.200. The minimum atomic E-state index is -0.703. The van der Waals surface area contributed by atoms with Crippen molar-refractivity contribution in [3.05, 3.63) is 58.6 Å². The fourth-order valence-corrected chi connectivity index (χ4v) is 2.56. The van der Waals surface area contributed by atoms with Gasteiger partial charge in [-0.15, -0.1) is 0 Å². The number of fused-ring (bicyclic) bond motifs is 1. The highest BCUT2D eigenvalue weighted by Gasteiger charge is 2.22. The van der Waals surface area contributed by atoms with E-state index < -0.39 is 11.6 Å². The van der Waals surface area contributed by atoms with Gasteiger partial charge in [-0.05, 0) is 17.7 Å². The maximum atomic E-state index is 13.6. The van der Waals surface area contributed by atoms with E-state index in [2.05, 4.69) is 5.32 Å². The Balaban J connectivity index is 1.67. The number of benzene rings is 2. The van der Waals surface area contributed by atoms with Gasteiger partial charge in [0.25, 0.3) is 0 Å². The van der Waals surface area contributed by atoms with Crippen LogP contribution in [-0.4, -0.2) is 12.6 Å². The average Bonchev–Trinajstić information content (AvgIpc) is 2.80. The lowest BCUT2D eigenvalue weighted by Gasteiger charge is -2.14. The third kappa shape index (κ3) is 2.56. The molecule has 1 atom stereocenters. The van der Waals surface area contributed by atoms with Crippen molar-refractivity contribution < 1.29 is 13.5 Å². The standard InChI is InChI=1S/C15H12ClF2NO/c16-12-6-10(17)7-13(18)15(12)19-8-11-5-9-3-1-2-4-14(9)20-11/h1-4,6-7,11,19H,5,8H2. The number of ether oxygens (including phenoxy) is 1. The summed E-state index contributed by atoms with van der Waals surface area (Å²) in [7, 11) is 0. The minimum Gasteiger partial charge on any atom is -0.488 e. The minimum absolute atomic E-state index is 0.0259. The lowest BCUT2D eigenvalue weighted by molar-refractivity contribution is 0.246. The van der Waals surface area contributed by atoms with Gasteiger partial charge in [0.1, 0.15) is 17.7 Å². The Morgan fingerprint density at radius 3 is 2.80 bits per heavy atom. The van der Waals surface area contributed by atoms with Gasteiger partial charge in [-0.3, -0.25) is 0 Å². The number of anilines is 1. The van der Waals surface area contributed by atoms with Gasteiger partial charge < -0.3 is 10.1 Å². The topological polar surface area (TPSA) is 21.3 Å². The number of halogens is 3. The number of nitrogens with one attached hydrogen (secondary N) is 1. The zero-order valence-electron chi connectivity index (χ0n) is 10.5. The normalized spacial score (nSPS) is 16.6. The van der Waals surface area contributed by atoms with Crippen molar-refractivity contribution in [1.29, 1.82) is 0 Å². The van der Waals surface area contributed by atoms with E-state index in [4.69, 9.17) is 16.3 Å². The van der Waals surface area contributed by atoms with E-state index in [1.165, 1.54) is 0 Å². The third-order valence-electron chi connectivity index (χ3n) is 3.23. The molecule has 1 aliphatic rings. The molecule has 0 amide bonds. The molecule has 0 spiro atoms. The van der Waals surface area contributed by atoms with Crippen LogP contribution in [0.25, 0.3) is 0 Å². The molecule has 0 bridgehead atoms. The van der Waals surface area contributed by atoms with Crippen LogP contribution in [0.2, 0.25) is 5.02 Å². The molecule has 1 aliphatic heterocycles. The Hall–Kier alpha value is -1.81. The summed E-state index contributed by atoms with van der Waals surface area (Å²) in [5.74, 6) is -0.543. The highest BCUT2D eigenvalue weighted by molar-refractivity contribution is 6.33. The van der Waals surface area contributed by atoms with Crippen molar-refractivity contribution in [2.75, 3.05) is 11.9 Å². The highest BCUT2D eigenvalue weighted by Crippen LogP contribution is 2.30. The monoisotopic (exact) mass is 295 g/mol. The SMILES string of the molecule is Fc1cc(F)c(NCC2Cc3ccccc3O2)c(Cl)c1. The molecule has 5 heteroatoms. The van der Waals surface area contributed by atoms with Gasteiger partial charge in [0.15, 0.2) is 5.82 Å². The molecule has 2 aromatic rings. The smallest absolute Gasteiger partial charge is 0.150 e. The molecule has 0 saturated heterocycles. The first-order valence-corrected chi connectivity index (χ1v) is 6.64. The first-order chi connectivity index (χ1) is 9.63. The molecule has 1 N–H and O–H groups in total. The molecule has 0 aromatic heterocycles. The van der Waals surface area contributed by atoms with E-state index in [0.717, 1.165) is 29.9 Å². The van der Waals surface area contributed by atoms with Crippen molar-refractivity contribution >= 4 is 17.3 Å². The number of para-hydroxylation sites is 1. The number of rotatable bonds is 3. The van der Waals surface area contributed by atoms with Crippen LogP contribution in [-0.2, 0) is 6.42 Å². The molecule has 20 heavy (non-hydrogen) atoms. The number of hydrogen-bond donors (Lipinski definition) is 1. The lowest BCUT2D eigenvalue weighted by Crippen LogP contribution is -2.24. The number of hydrogen-bond acceptors (Lipinski definition) is 2. The van der Waals surface area contributed by atoms with Crippen LogP contribution in [0.5, 0.6) is 5.75 Å². The first-order valence-electron chi connectivity index (χ1n) is 6.26. The van der Waals surface area contributed by atoms with E-state index in [1.54, 1.807) is 0 Å². The molecule has 1 heterocycles. The van der Waals surface area contributed by atoms with Gasteiger partial charge >= 0.3 is 0 Å². The first kappa shape index (κ1) is 13.2. The Morgan fingerprint density at radius 2 is 2.05 bits per heavy atom. The summed E-state index contributed by atoms with van der Waals surface area (Å²) in [5.41, 5.74) is 1.23. The van der Waals surface area contributed by atoms with E-state index in [1.807, 2.05) is 24.3 Å². The van der Waals surface area contributed by atoms with E-state index in [0.29, 0.717) is 6.54 Å². The van der Waals surface area contributed by atoms with E-state index in [9.17, 15) is 8.78 Å². The molecule has 3 rings (SSSR count). The predicted octanol–water partition coefficient (Wildman–Crippen LogP) is 4.03. The van der Waals surface area contributed by atoms with Crippen molar-refractivity contribution in [1.82, 2.24) is 0 Å². The van der Waals surface area contributed by atoms with Crippen LogP contribution in [0.1, 0.15) is 5.56 Å². The Morgan fingerprint density at radius 1 is 1.25 bits per heavy atom. The van der Waals surface area contributed by atoms with Gasteiger partial charge in [-0.1, -0.05) is 29.8 Å². The van der Waals surface area contributed by atoms with Crippen LogP contribution in [0.4, 0.5) is 14.5 Å². The fourth-order valence-electron chi connectivity index (χ4n) is 2.29. The molecule has 0 aliphatic carbocycles. The Kier molecular flexibility index (Phi) is 3.49. The van der Waals surface area contributed by atoms with Crippen LogP contribution in [0, 0.1) is 11.6 Å². The Bertz CT molecular complexity index is 600. The molecular weight excluding hydrogens is 284 g/mol. The third-order valence-corrected chi connectivity index (χ3v) is 3.53. The molecule has 0 radical (unpaired) electrons. The quantitative estimate of drug-likeness (QED) is 0.923. The summed E-state index contributed by atoms with van der Waals surface area (Å²) in [6, 6.07) is 9.65. The van der Waals surface area contributed by atoms with Crippen LogP contribution >= 0.6 is 11.6 Å². The summed E-state index contributed by atoms with van der Waals surface area (Å²) >= 11 is 5.83. The van der Waals surface area contributed by atoms with Crippen molar-refractivity contribution in [2.24, 2.45) is 0 Å². The Labute approximate surface area is 120 Å². The zero-order chi connectivity index (χ0) is 14.1. The predicted molar refractivity (Wildman–Crippen MR) is 74.4 cm³/mol. The zero-order valence-corrected chi connectivity index (χ0v) is 11.3. The van der Waals surface area contributed by atoms with Crippen LogP contribution in [0.15, 0.2) is 36.4 Å². The molecule has 104 valence electrons. The van der Waals surface area contributed by atoms with Crippen molar-refractivity contribution in [3.8, 4) is 5.75 Å². The lowest BCUT2D eigenvalue weighted by atomic mass is 10.1. The maximum Gasteiger partial charge on any atom is 0.150 e. The molecule has 0 fully saturated rings. The van der Waals surface area contributed by atoms with Crippen molar-refractivity contribution in [3.63, 3.8) is 0 Å². The second kappa shape index (κ2) is 5.29. The van der Waals surface area contributed by atoms with Gasteiger partial charge in [0, 0.05) is 12.5 Å². The van der Waals surface area contributed by atoms with Gasteiger partial charge in [0.05, 0.1) is 17.3 Å². The summed E-state index contributed by atoms with van der Waals surface area (Å²) in [6.45, 7) is 0.400. The molecule has 2 aromatic carbocycles. The summed E-state index contributed by atoms with van der Waals surface area (Å²) < 4.78 is 32.3. The van der Waals surface area contributed by atoms with Gasteiger partial charge in [-0.2, -0.15) is 0 Å².